The number of aromatic nitrogens is 2. The van der Waals surface area contributed by atoms with Gasteiger partial charge in [-0.3, -0.25) is 9.59 Å². The fraction of sp³-hybridized carbons (Fsp3) is 0.350. The average molecular weight is 418 g/mol. The van der Waals surface area contributed by atoms with Crippen LogP contribution in [0.5, 0.6) is 0 Å². The molecule has 0 saturated carbocycles. The van der Waals surface area contributed by atoms with Crippen LogP contribution in [0.15, 0.2) is 34.2 Å². The molecule has 1 aromatic carbocycles. The highest BCUT2D eigenvalue weighted by Gasteiger charge is 2.20. The third-order valence-corrected chi connectivity index (χ3v) is 6.95. The van der Waals surface area contributed by atoms with Crippen molar-refractivity contribution in [2.45, 2.75) is 43.8 Å². The topological polar surface area (TPSA) is 74.8 Å². The largest absolute Gasteiger partial charge is 0.349 e. The Balaban J connectivity index is 1.43. The molecule has 28 heavy (non-hydrogen) atoms. The van der Waals surface area contributed by atoms with E-state index in [9.17, 15) is 14.0 Å². The summed E-state index contributed by atoms with van der Waals surface area (Å²) < 4.78 is 13.0. The molecule has 146 valence electrons. The van der Waals surface area contributed by atoms with Crippen molar-refractivity contribution in [3.05, 3.63) is 56.4 Å². The van der Waals surface area contributed by atoms with Gasteiger partial charge in [0.05, 0.1) is 17.2 Å². The summed E-state index contributed by atoms with van der Waals surface area (Å²) in [6.45, 7) is 1.85. The molecule has 0 saturated heterocycles. The molecule has 0 radical (unpaired) electrons. The van der Waals surface area contributed by atoms with Crippen LogP contribution in [-0.2, 0) is 17.6 Å². The molecule has 2 heterocycles. The lowest BCUT2D eigenvalue weighted by atomic mass is 9.97. The van der Waals surface area contributed by atoms with Gasteiger partial charge in [-0.05, 0) is 55.9 Å². The SMILES string of the molecule is C[C@H](NC(=O)CSc1nc2sc3c(c2c(=O)[nH]1)CCCC3)c1ccc(F)cc1. The molecular weight excluding hydrogens is 397 g/mol. The van der Waals surface area contributed by atoms with E-state index in [1.54, 1.807) is 23.5 Å². The lowest BCUT2D eigenvalue weighted by Crippen LogP contribution is -2.28. The molecule has 3 aromatic rings. The zero-order valence-electron chi connectivity index (χ0n) is 15.4. The van der Waals surface area contributed by atoms with Gasteiger partial charge in [0, 0.05) is 4.88 Å². The van der Waals surface area contributed by atoms with Gasteiger partial charge in [0.2, 0.25) is 5.91 Å². The molecule has 1 atom stereocenters. The first kappa shape index (κ1) is 19.1. The highest BCUT2D eigenvalue weighted by Crippen LogP contribution is 2.34. The highest BCUT2D eigenvalue weighted by atomic mass is 32.2. The number of thioether (sulfide) groups is 1. The van der Waals surface area contributed by atoms with E-state index in [1.165, 1.54) is 28.8 Å². The predicted octanol–water partition coefficient (Wildman–Crippen LogP) is 3.97. The fourth-order valence-electron chi connectivity index (χ4n) is 3.46. The molecule has 8 heteroatoms. The van der Waals surface area contributed by atoms with Gasteiger partial charge in [-0.1, -0.05) is 23.9 Å². The van der Waals surface area contributed by atoms with E-state index in [2.05, 4.69) is 15.3 Å². The molecule has 0 aliphatic heterocycles. The molecule has 4 rings (SSSR count). The van der Waals surface area contributed by atoms with Crippen LogP contribution >= 0.6 is 23.1 Å². The number of carbonyl (C=O) groups is 1. The van der Waals surface area contributed by atoms with Gasteiger partial charge in [-0.25, -0.2) is 9.37 Å². The van der Waals surface area contributed by atoms with E-state index in [1.807, 2.05) is 6.92 Å². The van der Waals surface area contributed by atoms with Crippen LogP contribution in [0.2, 0.25) is 0 Å². The number of benzene rings is 1. The summed E-state index contributed by atoms with van der Waals surface area (Å²) in [6.07, 6.45) is 4.23. The van der Waals surface area contributed by atoms with Crippen LogP contribution in [0, 0.1) is 5.82 Å². The lowest BCUT2D eigenvalue weighted by Gasteiger charge is -2.14. The number of nitrogens with one attached hydrogen (secondary N) is 2. The molecule has 0 fully saturated rings. The second-order valence-electron chi connectivity index (χ2n) is 6.89. The summed E-state index contributed by atoms with van der Waals surface area (Å²) in [5, 5.41) is 4.06. The van der Waals surface area contributed by atoms with Gasteiger partial charge >= 0.3 is 0 Å². The minimum absolute atomic E-state index is 0.119. The first-order chi connectivity index (χ1) is 13.5. The number of carbonyl (C=O) groups excluding carboxylic acids is 1. The number of aryl methyl sites for hydroxylation is 2. The van der Waals surface area contributed by atoms with Gasteiger partial charge in [0.15, 0.2) is 5.16 Å². The number of halogens is 1. The fourth-order valence-corrected chi connectivity index (χ4v) is 5.46. The van der Waals surface area contributed by atoms with Gasteiger partial charge in [-0.2, -0.15) is 0 Å². The Morgan fingerprint density at radius 3 is 2.86 bits per heavy atom. The zero-order chi connectivity index (χ0) is 19.7. The van der Waals surface area contributed by atoms with Gasteiger partial charge in [0.1, 0.15) is 10.6 Å². The number of hydrogen-bond acceptors (Lipinski definition) is 5. The lowest BCUT2D eigenvalue weighted by molar-refractivity contribution is -0.119. The van der Waals surface area contributed by atoms with Crippen LogP contribution in [0.25, 0.3) is 10.2 Å². The second-order valence-corrected chi connectivity index (χ2v) is 8.94. The molecule has 2 aromatic heterocycles. The standard InChI is InChI=1S/C20H20FN3O2S2/c1-11(12-6-8-13(21)9-7-12)22-16(25)10-27-20-23-18(26)17-14-4-2-3-5-15(14)28-19(17)24-20/h6-9,11H,2-5,10H2,1H3,(H,22,25)(H,23,24,26)/t11-/m0/s1. The second kappa shape index (κ2) is 8.05. The normalized spacial score (nSPS) is 14.6. The van der Waals surface area contributed by atoms with E-state index in [4.69, 9.17) is 0 Å². The maximum atomic E-state index is 13.0. The van der Waals surface area contributed by atoms with Crippen LogP contribution in [0.1, 0.15) is 41.8 Å². The van der Waals surface area contributed by atoms with E-state index in [0.29, 0.717) is 5.16 Å². The molecule has 0 unspecified atom stereocenters. The molecule has 0 spiro atoms. The first-order valence-electron chi connectivity index (χ1n) is 9.23. The monoisotopic (exact) mass is 417 g/mol. The Morgan fingerprint density at radius 2 is 2.07 bits per heavy atom. The van der Waals surface area contributed by atoms with E-state index in [-0.39, 0.29) is 29.1 Å². The summed E-state index contributed by atoms with van der Waals surface area (Å²) in [6, 6.07) is 5.82. The third kappa shape index (κ3) is 3.98. The van der Waals surface area contributed by atoms with Crippen molar-refractivity contribution in [1.82, 2.24) is 15.3 Å². The minimum atomic E-state index is -0.307. The summed E-state index contributed by atoms with van der Waals surface area (Å²) in [4.78, 5) is 34.2. The number of amides is 1. The molecular formula is C20H20FN3O2S2. The minimum Gasteiger partial charge on any atom is -0.349 e. The molecule has 1 aliphatic carbocycles. The van der Waals surface area contributed by atoms with Crippen molar-refractivity contribution in [2.24, 2.45) is 0 Å². The number of fused-ring (bicyclic) bond motifs is 3. The van der Waals surface area contributed by atoms with Crippen molar-refractivity contribution in [3.63, 3.8) is 0 Å². The molecule has 1 amide bonds. The maximum Gasteiger partial charge on any atom is 0.260 e. The van der Waals surface area contributed by atoms with Gasteiger partial charge in [-0.15, -0.1) is 11.3 Å². The summed E-state index contributed by atoms with van der Waals surface area (Å²) >= 11 is 2.81. The Hall–Kier alpha value is -2.19. The smallest absolute Gasteiger partial charge is 0.260 e. The zero-order valence-corrected chi connectivity index (χ0v) is 17.0. The summed E-state index contributed by atoms with van der Waals surface area (Å²) in [5.74, 6) is -0.334. The van der Waals surface area contributed by atoms with Crippen LogP contribution in [-0.4, -0.2) is 21.6 Å². The first-order valence-corrected chi connectivity index (χ1v) is 11.0. The van der Waals surface area contributed by atoms with Crippen molar-refractivity contribution in [3.8, 4) is 0 Å². The van der Waals surface area contributed by atoms with E-state index in [0.717, 1.165) is 47.0 Å². The Kier molecular flexibility index (Phi) is 5.50. The molecule has 2 N–H and O–H groups in total. The van der Waals surface area contributed by atoms with E-state index < -0.39 is 0 Å². The summed E-state index contributed by atoms with van der Waals surface area (Å²) in [7, 11) is 0. The molecule has 5 nitrogen and oxygen atoms in total. The van der Waals surface area contributed by atoms with Crippen molar-refractivity contribution >= 4 is 39.2 Å². The Bertz CT molecular complexity index is 1080. The van der Waals surface area contributed by atoms with Gasteiger partial charge in [0.25, 0.3) is 5.56 Å². The Labute approximate surface area is 169 Å². The number of H-pyrrole nitrogens is 1. The van der Waals surface area contributed by atoms with Gasteiger partial charge < -0.3 is 10.3 Å². The number of nitrogens with zero attached hydrogens (tertiary/aromatic N) is 1. The van der Waals surface area contributed by atoms with E-state index >= 15 is 0 Å². The highest BCUT2D eigenvalue weighted by molar-refractivity contribution is 7.99. The molecule has 1 aliphatic rings. The number of hydrogen-bond donors (Lipinski definition) is 2. The van der Waals surface area contributed by atoms with Crippen molar-refractivity contribution in [1.29, 1.82) is 0 Å². The third-order valence-electron chi connectivity index (χ3n) is 4.89. The predicted molar refractivity (Wildman–Crippen MR) is 111 cm³/mol. The maximum absolute atomic E-state index is 13.0. The van der Waals surface area contributed by atoms with Crippen molar-refractivity contribution in [2.75, 3.05) is 5.75 Å². The van der Waals surface area contributed by atoms with Crippen LogP contribution in [0.3, 0.4) is 0 Å². The van der Waals surface area contributed by atoms with Crippen molar-refractivity contribution < 1.29 is 9.18 Å². The van der Waals surface area contributed by atoms with Crippen LogP contribution in [0.4, 0.5) is 4.39 Å². The molecule has 0 bridgehead atoms. The quantitative estimate of drug-likeness (QED) is 0.487. The number of rotatable bonds is 5. The number of thiophene rings is 1. The number of aromatic amines is 1. The Morgan fingerprint density at radius 1 is 1.32 bits per heavy atom. The average Bonchev–Trinajstić information content (AvgIpc) is 3.05. The summed E-state index contributed by atoms with van der Waals surface area (Å²) in [5.41, 5.74) is 1.87. The van der Waals surface area contributed by atoms with Crippen LogP contribution < -0.4 is 10.9 Å².